The van der Waals surface area contributed by atoms with Crippen molar-refractivity contribution in [3.8, 4) is 0 Å². The van der Waals surface area contributed by atoms with E-state index in [-0.39, 0.29) is 5.84 Å². The number of allylic oxidation sites excluding steroid dienone is 3. The quantitative estimate of drug-likeness (QED) is 0.134. The van der Waals surface area contributed by atoms with Crippen molar-refractivity contribution in [2.24, 2.45) is 5.16 Å². The SMILES string of the molecule is C/C=C\CC/C=C(/C)C/C(=N/O)NC=O. The molecule has 0 rings (SSSR count). The minimum absolute atomic E-state index is 0.268. The Kier molecular flexibility index (Phi) is 8.05. The van der Waals surface area contributed by atoms with Crippen LogP contribution in [-0.4, -0.2) is 17.5 Å². The maximum absolute atomic E-state index is 10.1. The molecule has 0 aliphatic heterocycles. The third-order valence-corrected chi connectivity index (χ3v) is 1.85. The predicted molar refractivity (Wildman–Crippen MR) is 60.8 cm³/mol. The average Bonchev–Trinajstić information content (AvgIpc) is 2.24. The predicted octanol–water partition coefficient (Wildman–Crippen LogP) is 2.21. The maximum atomic E-state index is 10.1. The molecular formula is C11H18N2O2. The van der Waals surface area contributed by atoms with Crippen molar-refractivity contribution in [2.45, 2.75) is 33.1 Å². The summed E-state index contributed by atoms with van der Waals surface area (Å²) in [7, 11) is 0. The van der Waals surface area contributed by atoms with Gasteiger partial charge in [0, 0.05) is 6.42 Å². The van der Waals surface area contributed by atoms with Crippen LogP contribution in [0.25, 0.3) is 0 Å². The molecule has 0 aromatic carbocycles. The Balaban J connectivity index is 3.98. The normalized spacial score (nSPS) is 13.2. The lowest BCUT2D eigenvalue weighted by Gasteiger charge is -2.02. The van der Waals surface area contributed by atoms with Gasteiger partial charge in [0.15, 0.2) is 5.84 Å². The number of carbonyl (C=O) groups is 1. The second-order valence-corrected chi connectivity index (χ2v) is 3.18. The molecule has 4 nitrogen and oxygen atoms in total. The van der Waals surface area contributed by atoms with Crippen LogP contribution in [0.15, 0.2) is 29.0 Å². The molecule has 0 fully saturated rings. The molecule has 0 aliphatic rings. The molecule has 0 aliphatic carbocycles. The molecule has 0 saturated heterocycles. The summed E-state index contributed by atoms with van der Waals surface area (Å²) in [6, 6.07) is 0. The molecule has 84 valence electrons. The summed E-state index contributed by atoms with van der Waals surface area (Å²) < 4.78 is 0. The van der Waals surface area contributed by atoms with E-state index >= 15 is 0 Å². The highest BCUT2D eigenvalue weighted by atomic mass is 16.4. The van der Waals surface area contributed by atoms with Gasteiger partial charge in [0.25, 0.3) is 0 Å². The van der Waals surface area contributed by atoms with Crippen molar-refractivity contribution >= 4 is 12.2 Å². The molecule has 1 amide bonds. The van der Waals surface area contributed by atoms with Gasteiger partial charge in [-0.3, -0.25) is 4.79 Å². The Morgan fingerprint density at radius 1 is 1.47 bits per heavy atom. The summed E-state index contributed by atoms with van der Waals surface area (Å²) in [5.74, 6) is 0.268. The zero-order chi connectivity index (χ0) is 11.5. The summed E-state index contributed by atoms with van der Waals surface area (Å²) in [5, 5.41) is 13.9. The number of hydrogen-bond acceptors (Lipinski definition) is 3. The molecule has 4 heteroatoms. The number of rotatable bonds is 6. The zero-order valence-electron chi connectivity index (χ0n) is 9.23. The number of amides is 1. The Bertz CT molecular complexity index is 268. The number of unbranched alkanes of at least 4 members (excludes halogenated alkanes) is 1. The fourth-order valence-electron chi connectivity index (χ4n) is 1.11. The molecule has 0 heterocycles. The number of hydrogen-bond donors (Lipinski definition) is 2. The van der Waals surface area contributed by atoms with E-state index in [4.69, 9.17) is 5.21 Å². The lowest BCUT2D eigenvalue weighted by Crippen LogP contribution is -2.21. The molecule has 2 N–H and O–H groups in total. The van der Waals surface area contributed by atoms with Gasteiger partial charge in [0.05, 0.1) is 0 Å². The summed E-state index contributed by atoms with van der Waals surface area (Å²) in [6.45, 7) is 3.93. The van der Waals surface area contributed by atoms with Crippen LogP contribution in [0.3, 0.4) is 0 Å². The molecule has 0 unspecified atom stereocenters. The summed E-state index contributed by atoms with van der Waals surface area (Å²) in [5.41, 5.74) is 1.07. The largest absolute Gasteiger partial charge is 0.409 e. The van der Waals surface area contributed by atoms with Crippen molar-refractivity contribution in [1.29, 1.82) is 0 Å². The van der Waals surface area contributed by atoms with Gasteiger partial charge in [-0.25, -0.2) is 0 Å². The third-order valence-electron chi connectivity index (χ3n) is 1.85. The molecule has 15 heavy (non-hydrogen) atoms. The van der Waals surface area contributed by atoms with Crippen LogP contribution in [0, 0.1) is 0 Å². The second kappa shape index (κ2) is 8.99. The van der Waals surface area contributed by atoms with Gasteiger partial charge in [0.1, 0.15) is 0 Å². The van der Waals surface area contributed by atoms with Gasteiger partial charge in [0.2, 0.25) is 6.41 Å². The fourth-order valence-corrected chi connectivity index (χ4v) is 1.11. The molecule has 0 aromatic rings. The van der Waals surface area contributed by atoms with Gasteiger partial charge in [-0.2, -0.15) is 0 Å². The van der Waals surface area contributed by atoms with Gasteiger partial charge in [-0.05, 0) is 26.7 Å². The van der Waals surface area contributed by atoms with E-state index in [9.17, 15) is 4.79 Å². The van der Waals surface area contributed by atoms with E-state index in [0.29, 0.717) is 12.8 Å². The van der Waals surface area contributed by atoms with E-state index in [1.165, 1.54) is 0 Å². The molecule has 0 saturated carbocycles. The average molecular weight is 210 g/mol. The Morgan fingerprint density at radius 2 is 2.20 bits per heavy atom. The van der Waals surface area contributed by atoms with Crippen molar-refractivity contribution in [2.75, 3.05) is 0 Å². The van der Waals surface area contributed by atoms with Crippen LogP contribution in [0.5, 0.6) is 0 Å². The number of carbonyl (C=O) groups excluding carboxylic acids is 1. The molecule has 0 aromatic heterocycles. The Hall–Kier alpha value is -1.58. The first-order valence-corrected chi connectivity index (χ1v) is 4.92. The van der Waals surface area contributed by atoms with Crippen LogP contribution in [0.2, 0.25) is 0 Å². The number of oxime groups is 1. The zero-order valence-corrected chi connectivity index (χ0v) is 9.23. The van der Waals surface area contributed by atoms with Crippen molar-refractivity contribution in [3.63, 3.8) is 0 Å². The van der Waals surface area contributed by atoms with Gasteiger partial charge in [-0.1, -0.05) is 29.0 Å². The van der Waals surface area contributed by atoms with Crippen molar-refractivity contribution in [3.05, 3.63) is 23.8 Å². The first kappa shape index (κ1) is 13.4. The van der Waals surface area contributed by atoms with Gasteiger partial charge >= 0.3 is 0 Å². The highest BCUT2D eigenvalue weighted by molar-refractivity contribution is 5.91. The van der Waals surface area contributed by atoms with E-state index in [2.05, 4.69) is 22.6 Å². The van der Waals surface area contributed by atoms with E-state index < -0.39 is 0 Å². The standard InChI is InChI=1S/C11H18N2O2/c1-3-4-5-6-7-10(2)8-11(13-15)12-9-14/h3-4,7,9,15H,5-6,8H2,1-2H3,(H,12,13,14)/b4-3-,10-7-. The fraction of sp³-hybridized carbons (Fsp3) is 0.455. The minimum Gasteiger partial charge on any atom is -0.409 e. The highest BCUT2D eigenvalue weighted by Crippen LogP contribution is 2.04. The first-order chi connectivity index (χ1) is 7.24. The van der Waals surface area contributed by atoms with Crippen LogP contribution in [0.1, 0.15) is 33.1 Å². The second-order valence-electron chi connectivity index (χ2n) is 3.18. The van der Waals surface area contributed by atoms with E-state index in [0.717, 1.165) is 18.4 Å². The van der Waals surface area contributed by atoms with E-state index in [1.807, 2.05) is 19.9 Å². The Labute approximate surface area is 90.4 Å². The lowest BCUT2D eigenvalue weighted by molar-refractivity contribution is -0.108. The third kappa shape index (κ3) is 7.49. The summed E-state index contributed by atoms with van der Waals surface area (Å²) in [6.07, 6.45) is 9.09. The Morgan fingerprint density at radius 3 is 2.73 bits per heavy atom. The van der Waals surface area contributed by atoms with Crippen molar-refractivity contribution in [1.82, 2.24) is 5.32 Å². The minimum atomic E-state index is 0.268. The van der Waals surface area contributed by atoms with Crippen LogP contribution in [-0.2, 0) is 4.79 Å². The number of nitrogens with zero attached hydrogens (tertiary/aromatic N) is 1. The van der Waals surface area contributed by atoms with Crippen LogP contribution in [0.4, 0.5) is 0 Å². The first-order valence-electron chi connectivity index (χ1n) is 4.92. The van der Waals surface area contributed by atoms with Gasteiger partial charge in [-0.15, -0.1) is 0 Å². The number of nitrogens with one attached hydrogen (secondary N) is 1. The number of amidine groups is 1. The molecular weight excluding hydrogens is 192 g/mol. The van der Waals surface area contributed by atoms with Gasteiger partial charge < -0.3 is 10.5 Å². The van der Waals surface area contributed by atoms with E-state index in [1.54, 1.807) is 0 Å². The maximum Gasteiger partial charge on any atom is 0.212 e. The van der Waals surface area contributed by atoms with Crippen LogP contribution >= 0.6 is 0 Å². The smallest absolute Gasteiger partial charge is 0.212 e. The lowest BCUT2D eigenvalue weighted by atomic mass is 10.1. The summed E-state index contributed by atoms with van der Waals surface area (Å²) in [4.78, 5) is 10.1. The molecule has 0 bridgehead atoms. The topological polar surface area (TPSA) is 61.7 Å². The van der Waals surface area contributed by atoms with Crippen molar-refractivity contribution < 1.29 is 10.0 Å². The summed E-state index contributed by atoms with van der Waals surface area (Å²) >= 11 is 0. The molecule has 0 atom stereocenters. The molecule has 0 radical (unpaired) electrons. The molecule has 0 spiro atoms. The monoisotopic (exact) mass is 210 g/mol. The highest BCUT2D eigenvalue weighted by Gasteiger charge is 1.99. The van der Waals surface area contributed by atoms with Crippen LogP contribution < -0.4 is 5.32 Å².